The fourth-order valence-corrected chi connectivity index (χ4v) is 4.09. The monoisotopic (exact) mass is 270 g/mol. The summed E-state index contributed by atoms with van der Waals surface area (Å²) < 4.78 is 0. The summed E-state index contributed by atoms with van der Waals surface area (Å²) in [6, 6.07) is 0.429. The lowest BCUT2D eigenvalue weighted by molar-refractivity contribution is -0.124. The summed E-state index contributed by atoms with van der Waals surface area (Å²) in [5, 5.41) is 6.62. The van der Waals surface area contributed by atoms with E-state index in [-0.39, 0.29) is 11.9 Å². The third-order valence-electron chi connectivity index (χ3n) is 4.24. The van der Waals surface area contributed by atoms with Gasteiger partial charge in [0.2, 0.25) is 5.91 Å². The van der Waals surface area contributed by atoms with Crippen molar-refractivity contribution in [3.8, 4) is 0 Å². The van der Waals surface area contributed by atoms with Crippen LogP contribution < -0.4 is 10.6 Å². The lowest BCUT2D eigenvalue weighted by Gasteiger charge is -2.36. The molecule has 0 aromatic carbocycles. The van der Waals surface area contributed by atoms with Gasteiger partial charge in [0, 0.05) is 24.1 Å². The van der Waals surface area contributed by atoms with Gasteiger partial charge in [-0.3, -0.25) is 4.79 Å². The van der Waals surface area contributed by atoms with Crippen molar-refractivity contribution in [3.63, 3.8) is 0 Å². The topological polar surface area (TPSA) is 41.1 Å². The molecule has 104 valence electrons. The van der Waals surface area contributed by atoms with Crippen LogP contribution in [0.1, 0.15) is 39.5 Å². The summed E-state index contributed by atoms with van der Waals surface area (Å²) in [5.41, 5.74) is 0. The van der Waals surface area contributed by atoms with Crippen LogP contribution in [0.3, 0.4) is 0 Å². The van der Waals surface area contributed by atoms with Crippen molar-refractivity contribution in [2.24, 2.45) is 11.8 Å². The second-order valence-corrected chi connectivity index (χ2v) is 7.04. The van der Waals surface area contributed by atoms with Gasteiger partial charge in [-0.25, -0.2) is 0 Å². The summed E-state index contributed by atoms with van der Waals surface area (Å²) >= 11 is 1.88. The first-order chi connectivity index (χ1) is 8.68. The minimum atomic E-state index is 0.0264. The van der Waals surface area contributed by atoms with E-state index in [0.717, 1.165) is 24.5 Å². The van der Waals surface area contributed by atoms with Crippen LogP contribution in [-0.2, 0) is 4.79 Å². The van der Waals surface area contributed by atoms with Gasteiger partial charge in [-0.15, -0.1) is 0 Å². The average Bonchev–Trinajstić information content (AvgIpc) is 2.40. The Morgan fingerprint density at radius 1 is 1.33 bits per heavy atom. The maximum Gasteiger partial charge on any atom is 0.238 e. The SMILES string of the molecule is CC(C)C1CCCCC1NC(=O)C1CSCCN1. The van der Waals surface area contributed by atoms with Crippen LogP contribution in [0.15, 0.2) is 0 Å². The Morgan fingerprint density at radius 2 is 2.11 bits per heavy atom. The quantitative estimate of drug-likeness (QED) is 0.824. The number of hydrogen-bond donors (Lipinski definition) is 2. The molecular formula is C14H26N2OS. The molecular weight excluding hydrogens is 244 g/mol. The highest BCUT2D eigenvalue weighted by molar-refractivity contribution is 7.99. The largest absolute Gasteiger partial charge is 0.352 e. The van der Waals surface area contributed by atoms with Gasteiger partial charge >= 0.3 is 0 Å². The summed E-state index contributed by atoms with van der Waals surface area (Å²) in [6.45, 7) is 5.52. The van der Waals surface area contributed by atoms with E-state index < -0.39 is 0 Å². The Kier molecular flexibility index (Phi) is 5.37. The van der Waals surface area contributed by atoms with Crippen LogP contribution in [0.4, 0.5) is 0 Å². The van der Waals surface area contributed by atoms with E-state index in [1.807, 2.05) is 11.8 Å². The molecule has 1 saturated heterocycles. The molecule has 2 rings (SSSR count). The summed E-state index contributed by atoms with van der Waals surface area (Å²) in [7, 11) is 0. The zero-order valence-corrected chi connectivity index (χ0v) is 12.4. The van der Waals surface area contributed by atoms with Gasteiger partial charge in [0.15, 0.2) is 0 Å². The van der Waals surface area contributed by atoms with Crippen molar-refractivity contribution in [3.05, 3.63) is 0 Å². The Morgan fingerprint density at radius 3 is 2.78 bits per heavy atom. The van der Waals surface area contributed by atoms with E-state index in [4.69, 9.17) is 0 Å². The summed E-state index contributed by atoms with van der Waals surface area (Å²) in [4.78, 5) is 12.2. The molecule has 1 aliphatic heterocycles. The molecule has 2 N–H and O–H groups in total. The van der Waals surface area contributed by atoms with Crippen molar-refractivity contribution < 1.29 is 4.79 Å². The van der Waals surface area contributed by atoms with Gasteiger partial charge in [-0.05, 0) is 24.7 Å². The number of thioether (sulfide) groups is 1. The number of nitrogens with one attached hydrogen (secondary N) is 2. The molecule has 2 fully saturated rings. The number of rotatable bonds is 3. The normalized spacial score (nSPS) is 33.4. The Balaban J connectivity index is 1.87. The van der Waals surface area contributed by atoms with Crippen molar-refractivity contribution in [1.82, 2.24) is 10.6 Å². The predicted octanol–water partition coefficient (Wildman–Crippen LogP) is 2.02. The molecule has 0 spiro atoms. The fraction of sp³-hybridized carbons (Fsp3) is 0.929. The van der Waals surface area contributed by atoms with Crippen molar-refractivity contribution >= 4 is 17.7 Å². The first kappa shape index (κ1) is 14.2. The van der Waals surface area contributed by atoms with Crippen molar-refractivity contribution in [1.29, 1.82) is 0 Å². The number of hydrogen-bond acceptors (Lipinski definition) is 3. The van der Waals surface area contributed by atoms with Crippen LogP contribution in [0.5, 0.6) is 0 Å². The number of carbonyl (C=O) groups is 1. The Hall–Kier alpha value is -0.220. The molecule has 0 aromatic rings. The lowest BCUT2D eigenvalue weighted by Crippen LogP contribution is -2.53. The molecule has 1 aliphatic carbocycles. The molecule has 4 heteroatoms. The molecule has 2 aliphatic rings. The second kappa shape index (κ2) is 6.80. The molecule has 3 nitrogen and oxygen atoms in total. The van der Waals surface area contributed by atoms with E-state index >= 15 is 0 Å². The van der Waals surface area contributed by atoms with Gasteiger partial charge in [0.1, 0.15) is 0 Å². The van der Waals surface area contributed by atoms with E-state index in [1.165, 1.54) is 19.3 Å². The Labute approximate surface area is 115 Å². The third kappa shape index (κ3) is 3.64. The van der Waals surface area contributed by atoms with Crippen LogP contribution in [0, 0.1) is 11.8 Å². The van der Waals surface area contributed by atoms with Crippen LogP contribution >= 0.6 is 11.8 Å². The third-order valence-corrected chi connectivity index (χ3v) is 5.30. The average molecular weight is 270 g/mol. The predicted molar refractivity (Wildman–Crippen MR) is 77.8 cm³/mol. The van der Waals surface area contributed by atoms with Crippen molar-refractivity contribution in [2.75, 3.05) is 18.1 Å². The molecule has 18 heavy (non-hydrogen) atoms. The molecule has 0 aromatic heterocycles. The highest BCUT2D eigenvalue weighted by Crippen LogP contribution is 2.30. The molecule has 1 amide bonds. The molecule has 0 radical (unpaired) electrons. The summed E-state index contributed by atoms with van der Waals surface area (Å²) in [5.74, 6) is 3.61. The standard InChI is InChI=1S/C14H26N2OS/c1-10(2)11-5-3-4-6-12(11)16-14(17)13-9-18-8-7-15-13/h10-13,15H,3-9H2,1-2H3,(H,16,17). The van der Waals surface area contributed by atoms with Crippen LogP contribution in [0.2, 0.25) is 0 Å². The van der Waals surface area contributed by atoms with Crippen molar-refractivity contribution in [2.45, 2.75) is 51.6 Å². The van der Waals surface area contributed by atoms with E-state index in [1.54, 1.807) is 0 Å². The molecule has 3 unspecified atom stereocenters. The zero-order valence-electron chi connectivity index (χ0n) is 11.6. The zero-order chi connectivity index (χ0) is 13.0. The summed E-state index contributed by atoms with van der Waals surface area (Å²) in [6.07, 6.45) is 5.03. The smallest absolute Gasteiger partial charge is 0.238 e. The first-order valence-corrected chi connectivity index (χ1v) is 8.45. The lowest BCUT2D eigenvalue weighted by atomic mass is 9.78. The molecule has 0 bridgehead atoms. The highest BCUT2D eigenvalue weighted by atomic mass is 32.2. The van der Waals surface area contributed by atoms with Gasteiger partial charge in [0.25, 0.3) is 0 Å². The van der Waals surface area contributed by atoms with Crippen LogP contribution in [0.25, 0.3) is 0 Å². The number of amides is 1. The van der Waals surface area contributed by atoms with Gasteiger partial charge in [-0.1, -0.05) is 26.7 Å². The number of carbonyl (C=O) groups excluding carboxylic acids is 1. The van der Waals surface area contributed by atoms with Gasteiger partial charge < -0.3 is 10.6 Å². The molecule has 3 atom stereocenters. The van der Waals surface area contributed by atoms with E-state index in [2.05, 4.69) is 24.5 Å². The molecule has 1 saturated carbocycles. The van der Waals surface area contributed by atoms with Crippen LogP contribution in [-0.4, -0.2) is 36.0 Å². The van der Waals surface area contributed by atoms with Gasteiger partial charge in [-0.2, -0.15) is 11.8 Å². The maximum absolute atomic E-state index is 12.2. The minimum Gasteiger partial charge on any atom is -0.352 e. The van der Waals surface area contributed by atoms with E-state index in [0.29, 0.717) is 17.9 Å². The maximum atomic E-state index is 12.2. The molecule has 1 heterocycles. The second-order valence-electron chi connectivity index (χ2n) is 5.89. The van der Waals surface area contributed by atoms with Gasteiger partial charge in [0.05, 0.1) is 6.04 Å². The first-order valence-electron chi connectivity index (χ1n) is 7.30. The van der Waals surface area contributed by atoms with E-state index in [9.17, 15) is 4.79 Å². The highest BCUT2D eigenvalue weighted by Gasteiger charge is 2.30. The Bertz CT molecular complexity index is 277. The fourth-order valence-electron chi connectivity index (χ4n) is 3.15. The minimum absolute atomic E-state index is 0.0264.